The van der Waals surface area contributed by atoms with Crippen molar-refractivity contribution in [3.63, 3.8) is 0 Å². The predicted octanol–water partition coefficient (Wildman–Crippen LogP) is 3.89. The zero-order chi connectivity index (χ0) is 21.0. The maximum atomic E-state index is 13.7. The van der Waals surface area contributed by atoms with Crippen molar-refractivity contribution in [1.82, 2.24) is 9.78 Å². The van der Waals surface area contributed by atoms with Crippen molar-refractivity contribution in [3.8, 4) is 11.4 Å². The van der Waals surface area contributed by atoms with E-state index in [2.05, 4.69) is 10.4 Å². The number of ether oxygens (including phenoxy) is 1. The van der Waals surface area contributed by atoms with Crippen molar-refractivity contribution in [1.29, 1.82) is 0 Å². The zero-order valence-corrected chi connectivity index (χ0v) is 15.6. The number of carbonyl (C=O) groups excluding carboxylic acids is 1. The summed E-state index contributed by atoms with van der Waals surface area (Å²) in [4.78, 5) is 22.6. The molecule has 29 heavy (non-hydrogen) atoms. The minimum atomic E-state index is -0.526. The van der Waals surface area contributed by atoms with Gasteiger partial charge < -0.3 is 10.1 Å². The first-order chi connectivity index (χ1) is 13.9. The number of nitrogens with one attached hydrogen (secondary N) is 1. The van der Waals surface area contributed by atoms with Gasteiger partial charge in [0, 0.05) is 24.3 Å². The van der Waals surface area contributed by atoms with Crippen LogP contribution in [0.15, 0.2) is 54.6 Å². The number of carbonyl (C=O) groups is 1. The number of benzene rings is 2. The van der Waals surface area contributed by atoms with E-state index in [1.165, 1.54) is 60.3 Å². The smallest absolute Gasteiger partial charge is 0.269 e. The second-order valence-corrected chi connectivity index (χ2v) is 6.07. The summed E-state index contributed by atoms with van der Waals surface area (Å²) in [5, 5.41) is 17.8. The standard InChI is InChI=1S/C20H17FN4O4/c1-13-11-19(24(23-13)15-5-7-16(8-6-15)25(27)28)22-20(26)10-4-14-3-9-18(29-2)17(21)12-14/h3-12H,1-2H3,(H,22,26)/b10-4+. The van der Waals surface area contributed by atoms with E-state index in [9.17, 15) is 19.3 Å². The molecule has 0 fully saturated rings. The van der Waals surface area contributed by atoms with Crippen LogP contribution in [0.2, 0.25) is 0 Å². The largest absolute Gasteiger partial charge is 0.494 e. The van der Waals surface area contributed by atoms with Crippen molar-refractivity contribution in [2.24, 2.45) is 0 Å². The Bertz CT molecular complexity index is 1090. The van der Waals surface area contributed by atoms with Crippen molar-refractivity contribution < 1.29 is 18.8 Å². The van der Waals surface area contributed by atoms with Gasteiger partial charge in [-0.05, 0) is 42.8 Å². The molecule has 0 bridgehead atoms. The predicted molar refractivity (Wildman–Crippen MR) is 106 cm³/mol. The number of aryl methyl sites for hydroxylation is 1. The van der Waals surface area contributed by atoms with Crippen LogP contribution in [0.3, 0.4) is 0 Å². The topological polar surface area (TPSA) is 99.3 Å². The Balaban J connectivity index is 1.77. The summed E-state index contributed by atoms with van der Waals surface area (Å²) in [7, 11) is 1.37. The number of non-ortho nitro benzene ring substituents is 1. The number of nitrogens with zero attached hydrogens (tertiary/aromatic N) is 3. The third kappa shape index (κ3) is 4.64. The highest BCUT2D eigenvalue weighted by molar-refractivity contribution is 6.01. The second-order valence-electron chi connectivity index (χ2n) is 6.07. The number of amides is 1. The molecule has 3 rings (SSSR count). The van der Waals surface area contributed by atoms with Crippen LogP contribution in [0, 0.1) is 22.9 Å². The average Bonchev–Trinajstić information content (AvgIpc) is 3.06. The monoisotopic (exact) mass is 396 g/mol. The van der Waals surface area contributed by atoms with Crippen LogP contribution in [-0.2, 0) is 4.79 Å². The van der Waals surface area contributed by atoms with Gasteiger partial charge in [-0.3, -0.25) is 14.9 Å². The molecule has 0 radical (unpaired) electrons. The van der Waals surface area contributed by atoms with Gasteiger partial charge in [0.15, 0.2) is 11.6 Å². The van der Waals surface area contributed by atoms with E-state index in [0.717, 1.165) is 0 Å². The molecule has 3 aromatic rings. The summed E-state index contributed by atoms with van der Waals surface area (Å²) in [6.45, 7) is 1.76. The Kier molecular flexibility index (Phi) is 5.68. The second kappa shape index (κ2) is 8.34. The Labute approximate surface area is 165 Å². The molecule has 8 nitrogen and oxygen atoms in total. The van der Waals surface area contributed by atoms with Crippen LogP contribution < -0.4 is 10.1 Å². The minimum absolute atomic E-state index is 0.0436. The lowest BCUT2D eigenvalue weighted by atomic mass is 10.2. The molecule has 0 aliphatic heterocycles. The molecule has 0 aliphatic rings. The van der Waals surface area contributed by atoms with E-state index in [0.29, 0.717) is 22.8 Å². The Morgan fingerprint density at radius 2 is 1.97 bits per heavy atom. The molecular formula is C20H17FN4O4. The van der Waals surface area contributed by atoms with Gasteiger partial charge in [-0.25, -0.2) is 9.07 Å². The first kappa shape index (κ1) is 19.7. The number of hydrogen-bond acceptors (Lipinski definition) is 5. The molecule has 148 valence electrons. The number of methoxy groups -OCH3 is 1. The van der Waals surface area contributed by atoms with Crippen molar-refractivity contribution in [2.45, 2.75) is 6.92 Å². The van der Waals surface area contributed by atoms with Gasteiger partial charge in [0.05, 0.1) is 23.4 Å². The third-order valence-electron chi connectivity index (χ3n) is 3.99. The number of rotatable bonds is 6. The van der Waals surface area contributed by atoms with Crippen LogP contribution in [-0.4, -0.2) is 27.7 Å². The fourth-order valence-corrected chi connectivity index (χ4v) is 2.63. The molecule has 0 atom stereocenters. The molecule has 0 saturated heterocycles. The van der Waals surface area contributed by atoms with Crippen molar-refractivity contribution in [2.75, 3.05) is 12.4 Å². The number of nitro groups is 1. The number of anilines is 1. The van der Waals surface area contributed by atoms with Crippen LogP contribution in [0.1, 0.15) is 11.3 Å². The lowest BCUT2D eigenvalue weighted by Gasteiger charge is -2.07. The van der Waals surface area contributed by atoms with Crippen LogP contribution in [0.4, 0.5) is 15.9 Å². The maximum Gasteiger partial charge on any atom is 0.269 e. The molecule has 1 N–H and O–H groups in total. The summed E-state index contributed by atoms with van der Waals surface area (Å²) in [5.41, 5.74) is 1.66. The summed E-state index contributed by atoms with van der Waals surface area (Å²) in [5.74, 6) is -0.452. The van der Waals surface area contributed by atoms with E-state index in [-0.39, 0.29) is 11.4 Å². The van der Waals surface area contributed by atoms with E-state index < -0.39 is 16.6 Å². The average molecular weight is 396 g/mol. The van der Waals surface area contributed by atoms with E-state index in [1.807, 2.05) is 0 Å². The van der Waals surface area contributed by atoms with Gasteiger partial charge >= 0.3 is 0 Å². The van der Waals surface area contributed by atoms with Gasteiger partial charge in [0.2, 0.25) is 5.91 Å². The van der Waals surface area contributed by atoms with Crippen LogP contribution >= 0.6 is 0 Å². The van der Waals surface area contributed by atoms with Gasteiger partial charge in [-0.2, -0.15) is 5.10 Å². The first-order valence-corrected chi connectivity index (χ1v) is 8.51. The van der Waals surface area contributed by atoms with Crippen molar-refractivity contribution >= 4 is 23.5 Å². The molecular weight excluding hydrogens is 379 g/mol. The SMILES string of the molecule is COc1ccc(/C=C/C(=O)Nc2cc(C)nn2-c2ccc([N+](=O)[O-])cc2)cc1F. The van der Waals surface area contributed by atoms with Crippen LogP contribution in [0.5, 0.6) is 5.75 Å². The molecule has 0 spiro atoms. The lowest BCUT2D eigenvalue weighted by molar-refractivity contribution is -0.384. The highest BCUT2D eigenvalue weighted by Crippen LogP contribution is 2.21. The van der Waals surface area contributed by atoms with Gasteiger partial charge in [-0.15, -0.1) is 0 Å². The number of halogens is 1. The first-order valence-electron chi connectivity index (χ1n) is 8.51. The molecule has 0 aliphatic carbocycles. The molecule has 1 heterocycles. The molecule has 1 aromatic heterocycles. The molecule has 1 amide bonds. The highest BCUT2D eigenvalue weighted by Gasteiger charge is 2.12. The zero-order valence-electron chi connectivity index (χ0n) is 15.6. The number of nitro benzene ring substituents is 1. The summed E-state index contributed by atoms with van der Waals surface area (Å²) in [6.07, 6.45) is 2.74. The summed E-state index contributed by atoms with van der Waals surface area (Å²) in [6, 6.07) is 11.8. The molecule has 2 aromatic carbocycles. The van der Waals surface area contributed by atoms with Crippen molar-refractivity contribution in [3.05, 3.63) is 81.8 Å². The van der Waals surface area contributed by atoms with Gasteiger partial charge in [-0.1, -0.05) is 6.07 Å². The number of aromatic nitrogens is 2. The Morgan fingerprint density at radius 1 is 1.24 bits per heavy atom. The van der Waals surface area contributed by atoms with Crippen LogP contribution in [0.25, 0.3) is 11.8 Å². The van der Waals surface area contributed by atoms with E-state index in [4.69, 9.17) is 4.74 Å². The third-order valence-corrected chi connectivity index (χ3v) is 3.99. The normalized spacial score (nSPS) is 10.9. The fraction of sp³-hybridized carbons (Fsp3) is 0.100. The molecule has 0 saturated carbocycles. The van der Waals surface area contributed by atoms with Gasteiger partial charge in [0.1, 0.15) is 5.82 Å². The summed E-state index contributed by atoms with van der Waals surface area (Å²) >= 11 is 0. The lowest BCUT2D eigenvalue weighted by Crippen LogP contribution is -2.12. The molecule has 0 unspecified atom stereocenters. The number of hydrogen-bond donors (Lipinski definition) is 1. The van der Waals surface area contributed by atoms with E-state index >= 15 is 0 Å². The Morgan fingerprint density at radius 3 is 2.59 bits per heavy atom. The minimum Gasteiger partial charge on any atom is -0.494 e. The highest BCUT2D eigenvalue weighted by atomic mass is 19.1. The van der Waals surface area contributed by atoms with Gasteiger partial charge in [0.25, 0.3) is 5.69 Å². The maximum absolute atomic E-state index is 13.7. The summed E-state index contributed by atoms with van der Waals surface area (Å²) < 4.78 is 20.1. The fourth-order valence-electron chi connectivity index (χ4n) is 2.63. The quantitative estimate of drug-likeness (QED) is 0.387. The van der Waals surface area contributed by atoms with E-state index in [1.54, 1.807) is 19.1 Å². The molecule has 9 heteroatoms. The Hall–Kier alpha value is -4.01.